The van der Waals surface area contributed by atoms with Crippen molar-refractivity contribution in [2.45, 2.75) is 63.9 Å². The van der Waals surface area contributed by atoms with Gasteiger partial charge in [0.15, 0.2) is 0 Å². The van der Waals surface area contributed by atoms with Crippen LogP contribution in [0.5, 0.6) is 5.75 Å². The fourth-order valence-corrected chi connectivity index (χ4v) is 5.76. The zero-order valence-electron chi connectivity index (χ0n) is 22.0. The van der Waals surface area contributed by atoms with Crippen molar-refractivity contribution in [3.8, 4) is 5.75 Å². The van der Waals surface area contributed by atoms with Crippen LogP contribution in [0.2, 0.25) is 0 Å². The molecule has 3 aromatic rings. The van der Waals surface area contributed by atoms with Gasteiger partial charge in [0.1, 0.15) is 35.0 Å². The van der Waals surface area contributed by atoms with E-state index in [0.717, 1.165) is 24.9 Å². The summed E-state index contributed by atoms with van der Waals surface area (Å²) in [6, 6.07) is 5.35. The number of aromatic nitrogens is 1. The van der Waals surface area contributed by atoms with Crippen molar-refractivity contribution < 1.29 is 27.4 Å². The van der Waals surface area contributed by atoms with E-state index in [9.17, 15) is 9.50 Å². The molecule has 38 heavy (non-hydrogen) atoms. The first-order valence-corrected chi connectivity index (χ1v) is 13.3. The van der Waals surface area contributed by atoms with Gasteiger partial charge in [0, 0.05) is 60.0 Å². The molecule has 206 valence electrons. The molecule has 5 nitrogen and oxygen atoms in total. The Hall–Kier alpha value is -2.62. The molecule has 2 aliphatic heterocycles. The number of alkyl halides is 1. The number of likely N-dealkylation sites (tertiary alicyclic amines) is 1. The number of fused-ring (bicyclic) bond motifs is 3. The van der Waals surface area contributed by atoms with Crippen LogP contribution in [0.3, 0.4) is 0 Å². The highest BCUT2D eigenvalue weighted by Crippen LogP contribution is 2.44. The number of H-pyrrole nitrogens is 1. The number of nitrogens with zero attached hydrogens (tertiary/aromatic N) is 2. The average Bonchev–Trinajstić information content (AvgIpc) is 3.18. The summed E-state index contributed by atoms with van der Waals surface area (Å²) in [4.78, 5) is 7.14. The summed E-state index contributed by atoms with van der Waals surface area (Å²) < 4.78 is 66.6. The Morgan fingerprint density at radius 3 is 2.50 bits per heavy atom. The number of halogens is 4. The van der Waals surface area contributed by atoms with Crippen LogP contribution in [-0.4, -0.2) is 70.5 Å². The quantitative estimate of drug-likeness (QED) is 0.357. The van der Waals surface area contributed by atoms with Gasteiger partial charge in [-0.3, -0.25) is 9.80 Å². The molecule has 0 unspecified atom stereocenters. The van der Waals surface area contributed by atoms with Crippen LogP contribution in [0.15, 0.2) is 30.3 Å². The molecule has 3 heterocycles. The van der Waals surface area contributed by atoms with Crippen LogP contribution < -0.4 is 4.74 Å². The van der Waals surface area contributed by atoms with E-state index < -0.39 is 35.8 Å². The molecule has 1 aromatic heterocycles. The van der Waals surface area contributed by atoms with Crippen LogP contribution in [0, 0.1) is 17.5 Å². The Kier molecular flexibility index (Phi) is 7.46. The summed E-state index contributed by atoms with van der Waals surface area (Å²) in [6.07, 6.45) is 2.49. The van der Waals surface area contributed by atoms with Crippen molar-refractivity contribution >= 4 is 10.9 Å². The van der Waals surface area contributed by atoms with Gasteiger partial charge < -0.3 is 14.8 Å². The van der Waals surface area contributed by atoms with Crippen molar-refractivity contribution in [1.82, 2.24) is 14.8 Å². The van der Waals surface area contributed by atoms with Crippen molar-refractivity contribution in [2.75, 3.05) is 32.8 Å². The van der Waals surface area contributed by atoms with E-state index in [1.165, 1.54) is 31.2 Å². The molecule has 1 saturated heterocycles. The number of ether oxygens (including phenoxy) is 1. The first-order chi connectivity index (χ1) is 18.1. The lowest BCUT2D eigenvalue weighted by atomic mass is 9.87. The Balaban J connectivity index is 1.52. The van der Waals surface area contributed by atoms with Gasteiger partial charge in [0.05, 0.1) is 12.6 Å². The highest BCUT2D eigenvalue weighted by molar-refractivity contribution is 5.85. The van der Waals surface area contributed by atoms with Crippen LogP contribution in [0.4, 0.5) is 17.6 Å². The highest BCUT2D eigenvalue weighted by Gasteiger charge is 2.42. The minimum atomic E-state index is -1.99. The lowest BCUT2D eigenvalue weighted by molar-refractivity contribution is 0.0153. The van der Waals surface area contributed by atoms with E-state index in [1.54, 1.807) is 11.0 Å². The van der Waals surface area contributed by atoms with Crippen molar-refractivity contribution in [3.63, 3.8) is 0 Å². The van der Waals surface area contributed by atoms with Crippen LogP contribution in [0.1, 0.15) is 56.5 Å². The van der Waals surface area contributed by atoms with Crippen LogP contribution in [-0.2, 0) is 6.42 Å². The third-order valence-electron chi connectivity index (χ3n) is 7.79. The normalized spacial score (nSPS) is 22.3. The smallest absolute Gasteiger partial charge is 0.143 e. The predicted octanol–water partition coefficient (Wildman–Crippen LogP) is 5.50. The molecular weight excluding hydrogens is 498 g/mol. The van der Waals surface area contributed by atoms with Crippen molar-refractivity contribution in [3.05, 3.63) is 64.6 Å². The Morgan fingerprint density at radius 2 is 1.84 bits per heavy atom. The molecule has 0 amide bonds. The summed E-state index contributed by atoms with van der Waals surface area (Å²) in [6.45, 7) is 6.66. The molecule has 0 radical (unpaired) electrons. The second-order valence-electron chi connectivity index (χ2n) is 11.1. The Morgan fingerprint density at radius 1 is 1.13 bits per heavy atom. The molecular formula is C29H35F4N3O2. The number of aliphatic hydroxyl groups excluding tert-OH is 1. The molecule has 0 aliphatic carbocycles. The standard InChI is InChI=1S/C29H35F4N3O2/c1-4-5-8-35-13-20(14-35)38-19-11-23(31)26(24(32)12-19)28-27-22(21-10-18(30)6-7-25(21)34-27)9-17(2)36(28)15-29(3,33)16-37/h6-7,10-12,17,20,28,34,37H,4-5,8-9,13-16H2,1-3H3/t17-,28+,29-/m0/s1. The predicted molar refractivity (Wildman–Crippen MR) is 139 cm³/mol. The number of unbranched alkanes of at least 4 members (excludes halogenated alkanes) is 1. The largest absolute Gasteiger partial charge is 0.488 e. The van der Waals surface area contributed by atoms with Gasteiger partial charge in [-0.25, -0.2) is 17.6 Å². The number of benzene rings is 2. The zero-order valence-corrected chi connectivity index (χ0v) is 22.0. The molecule has 0 bridgehead atoms. The number of aromatic amines is 1. The monoisotopic (exact) mass is 533 g/mol. The second kappa shape index (κ2) is 10.5. The molecule has 9 heteroatoms. The maximum atomic E-state index is 15.8. The van der Waals surface area contributed by atoms with E-state index in [4.69, 9.17) is 4.74 Å². The summed E-state index contributed by atoms with van der Waals surface area (Å²) in [5.41, 5.74) is -0.345. The molecule has 0 saturated carbocycles. The third-order valence-corrected chi connectivity index (χ3v) is 7.79. The SMILES string of the molecule is CCCCN1CC(Oc2cc(F)c([C@@H]3c4[nH]c5ccc(F)cc5c4C[C@H](C)N3C[C@](C)(F)CO)c(F)c2)C1. The molecule has 1 fully saturated rings. The van der Waals surface area contributed by atoms with Gasteiger partial charge in [-0.15, -0.1) is 0 Å². The second-order valence-corrected chi connectivity index (χ2v) is 11.1. The number of aliphatic hydroxyl groups is 1. The lowest BCUT2D eigenvalue weighted by Gasteiger charge is -2.43. The highest BCUT2D eigenvalue weighted by atomic mass is 19.1. The number of hydrogen-bond donors (Lipinski definition) is 2. The maximum Gasteiger partial charge on any atom is 0.143 e. The lowest BCUT2D eigenvalue weighted by Crippen LogP contribution is -2.53. The van der Waals surface area contributed by atoms with Gasteiger partial charge in [0.2, 0.25) is 0 Å². The first-order valence-electron chi connectivity index (χ1n) is 13.3. The van der Waals surface area contributed by atoms with Crippen molar-refractivity contribution in [2.24, 2.45) is 0 Å². The summed E-state index contributed by atoms with van der Waals surface area (Å²) in [7, 11) is 0. The molecule has 2 aromatic carbocycles. The zero-order chi connectivity index (χ0) is 27.2. The number of nitrogens with one attached hydrogen (secondary N) is 1. The van der Waals surface area contributed by atoms with Gasteiger partial charge in [0.25, 0.3) is 0 Å². The van der Waals surface area contributed by atoms with E-state index in [2.05, 4.69) is 16.8 Å². The first kappa shape index (κ1) is 27.0. The summed E-state index contributed by atoms with van der Waals surface area (Å²) in [5, 5.41) is 10.3. The molecule has 2 N–H and O–H groups in total. The minimum Gasteiger partial charge on any atom is -0.488 e. The van der Waals surface area contributed by atoms with Gasteiger partial charge in [-0.05, 0) is 57.0 Å². The summed E-state index contributed by atoms with van der Waals surface area (Å²) >= 11 is 0. The Bertz CT molecular complexity index is 1280. The van der Waals surface area contributed by atoms with E-state index in [-0.39, 0.29) is 30.0 Å². The van der Waals surface area contributed by atoms with Gasteiger partial charge >= 0.3 is 0 Å². The van der Waals surface area contributed by atoms with E-state index >= 15 is 13.2 Å². The van der Waals surface area contributed by atoms with Crippen LogP contribution >= 0.6 is 0 Å². The Labute approximate surface area is 220 Å². The van der Waals surface area contributed by atoms with Gasteiger partial charge in [-0.2, -0.15) is 0 Å². The van der Waals surface area contributed by atoms with Crippen molar-refractivity contribution in [1.29, 1.82) is 0 Å². The number of rotatable bonds is 9. The van der Waals surface area contributed by atoms with Gasteiger partial charge in [-0.1, -0.05) is 13.3 Å². The van der Waals surface area contributed by atoms with Crippen LogP contribution in [0.25, 0.3) is 10.9 Å². The third kappa shape index (κ3) is 5.16. The molecule has 2 aliphatic rings. The number of hydrogen-bond acceptors (Lipinski definition) is 4. The fourth-order valence-electron chi connectivity index (χ4n) is 5.76. The van der Waals surface area contributed by atoms with E-state index in [1.807, 2.05) is 6.92 Å². The molecule has 0 spiro atoms. The van der Waals surface area contributed by atoms with E-state index in [0.29, 0.717) is 36.1 Å². The summed E-state index contributed by atoms with van der Waals surface area (Å²) in [5.74, 6) is -1.90. The average molecular weight is 534 g/mol. The molecule has 3 atom stereocenters. The minimum absolute atomic E-state index is 0.115. The molecule has 5 rings (SSSR count). The topological polar surface area (TPSA) is 51.7 Å². The fraction of sp³-hybridized carbons (Fsp3) is 0.517. The maximum absolute atomic E-state index is 15.8.